The molecular formula is C15H20N2O3. The Balaban J connectivity index is 1.88. The summed E-state index contributed by atoms with van der Waals surface area (Å²) in [7, 11) is 0. The highest BCUT2D eigenvalue weighted by atomic mass is 16.5. The summed E-state index contributed by atoms with van der Waals surface area (Å²) in [5, 5.41) is 2.70. The zero-order chi connectivity index (χ0) is 14.4. The van der Waals surface area contributed by atoms with Gasteiger partial charge < -0.3 is 15.8 Å². The summed E-state index contributed by atoms with van der Waals surface area (Å²) in [6.45, 7) is 0.710. The van der Waals surface area contributed by atoms with Crippen molar-refractivity contribution >= 4 is 11.8 Å². The highest BCUT2D eigenvalue weighted by Crippen LogP contribution is 2.15. The number of rotatable bonds is 6. The second-order valence-electron chi connectivity index (χ2n) is 5.05. The van der Waals surface area contributed by atoms with Gasteiger partial charge >= 0.3 is 0 Å². The second kappa shape index (κ2) is 7.05. The molecule has 2 atom stereocenters. The maximum atomic E-state index is 11.9. The van der Waals surface area contributed by atoms with Gasteiger partial charge in [0, 0.05) is 13.0 Å². The molecule has 0 saturated carbocycles. The van der Waals surface area contributed by atoms with Crippen LogP contribution in [0.25, 0.3) is 0 Å². The summed E-state index contributed by atoms with van der Waals surface area (Å²) in [5.41, 5.74) is 6.32. The number of primary amides is 1. The van der Waals surface area contributed by atoms with Crippen molar-refractivity contribution in [2.45, 2.75) is 37.8 Å². The van der Waals surface area contributed by atoms with Crippen LogP contribution in [0.5, 0.6) is 0 Å². The van der Waals surface area contributed by atoms with Crippen molar-refractivity contribution < 1.29 is 14.3 Å². The monoisotopic (exact) mass is 276 g/mol. The Kier molecular flexibility index (Phi) is 5.12. The molecule has 1 aliphatic rings. The van der Waals surface area contributed by atoms with Crippen molar-refractivity contribution in [3.05, 3.63) is 35.9 Å². The minimum Gasteiger partial charge on any atom is -0.378 e. The lowest BCUT2D eigenvalue weighted by Gasteiger charge is -2.17. The van der Waals surface area contributed by atoms with Crippen LogP contribution in [0, 0.1) is 0 Å². The molecule has 1 aromatic rings. The van der Waals surface area contributed by atoms with Gasteiger partial charge in [0.2, 0.25) is 11.8 Å². The van der Waals surface area contributed by atoms with Crippen LogP contribution >= 0.6 is 0 Å². The Morgan fingerprint density at radius 3 is 2.70 bits per heavy atom. The van der Waals surface area contributed by atoms with E-state index in [-0.39, 0.29) is 12.0 Å². The summed E-state index contributed by atoms with van der Waals surface area (Å²) < 4.78 is 5.41. The van der Waals surface area contributed by atoms with E-state index in [0.29, 0.717) is 19.4 Å². The fraction of sp³-hybridized carbons (Fsp3) is 0.467. The molecule has 1 aromatic carbocycles. The van der Waals surface area contributed by atoms with Gasteiger partial charge in [0.1, 0.15) is 6.04 Å². The van der Waals surface area contributed by atoms with Crippen LogP contribution in [0.1, 0.15) is 24.8 Å². The van der Waals surface area contributed by atoms with E-state index in [1.54, 1.807) is 0 Å². The van der Waals surface area contributed by atoms with Crippen molar-refractivity contribution in [3.8, 4) is 0 Å². The van der Waals surface area contributed by atoms with E-state index >= 15 is 0 Å². The number of carbonyl (C=O) groups excluding carboxylic acids is 2. The topological polar surface area (TPSA) is 81.4 Å². The van der Waals surface area contributed by atoms with E-state index in [1.165, 1.54) is 0 Å². The molecule has 5 heteroatoms. The van der Waals surface area contributed by atoms with Gasteiger partial charge in [-0.1, -0.05) is 30.3 Å². The van der Waals surface area contributed by atoms with Gasteiger partial charge in [0.15, 0.2) is 0 Å². The minimum atomic E-state index is -0.675. The molecule has 20 heavy (non-hydrogen) atoms. The fourth-order valence-electron chi connectivity index (χ4n) is 2.34. The van der Waals surface area contributed by atoms with Crippen molar-refractivity contribution in [1.82, 2.24) is 5.32 Å². The number of hydrogen-bond acceptors (Lipinski definition) is 3. The third-order valence-electron chi connectivity index (χ3n) is 3.40. The Hall–Kier alpha value is -1.88. The number of amides is 2. The van der Waals surface area contributed by atoms with Crippen LogP contribution in [0.4, 0.5) is 0 Å². The third kappa shape index (κ3) is 4.35. The summed E-state index contributed by atoms with van der Waals surface area (Å²) in [6.07, 6.45) is 2.56. The van der Waals surface area contributed by atoms with Crippen LogP contribution in [0.15, 0.2) is 30.3 Å². The SMILES string of the molecule is NC(=O)C(Cc1ccccc1)NC(=O)CC1CCCO1. The zero-order valence-electron chi connectivity index (χ0n) is 11.4. The molecule has 2 unspecified atom stereocenters. The Morgan fingerprint density at radius 2 is 2.10 bits per heavy atom. The van der Waals surface area contributed by atoms with Gasteiger partial charge in [-0.15, -0.1) is 0 Å². The molecule has 108 valence electrons. The quantitative estimate of drug-likeness (QED) is 0.805. The van der Waals surface area contributed by atoms with Crippen molar-refractivity contribution in [3.63, 3.8) is 0 Å². The van der Waals surface area contributed by atoms with E-state index in [4.69, 9.17) is 10.5 Å². The predicted molar refractivity (Wildman–Crippen MR) is 74.9 cm³/mol. The molecule has 0 aromatic heterocycles. The lowest BCUT2D eigenvalue weighted by Crippen LogP contribution is -2.46. The van der Waals surface area contributed by atoms with E-state index < -0.39 is 11.9 Å². The molecule has 5 nitrogen and oxygen atoms in total. The van der Waals surface area contributed by atoms with E-state index in [0.717, 1.165) is 18.4 Å². The van der Waals surface area contributed by atoms with Gasteiger partial charge in [-0.2, -0.15) is 0 Å². The summed E-state index contributed by atoms with van der Waals surface area (Å²) in [5.74, 6) is -0.703. The number of nitrogens with one attached hydrogen (secondary N) is 1. The zero-order valence-corrected chi connectivity index (χ0v) is 11.4. The minimum absolute atomic E-state index is 0.0275. The first-order valence-electron chi connectivity index (χ1n) is 6.89. The molecule has 1 heterocycles. The van der Waals surface area contributed by atoms with E-state index in [2.05, 4.69) is 5.32 Å². The van der Waals surface area contributed by atoms with Crippen LogP contribution < -0.4 is 11.1 Å². The first-order chi connectivity index (χ1) is 9.65. The Labute approximate surface area is 118 Å². The van der Waals surface area contributed by atoms with Crippen LogP contribution in [0.2, 0.25) is 0 Å². The molecule has 0 radical (unpaired) electrons. The third-order valence-corrected chi connectivity index (χ3v) is 3.40. The van der Waals surface area contributed by atoms with Gasteiger partial charge in [-0.25, -0.2) is 0 Å². The molecule has 3 N–H and O–H groups in total. The summed E-state index contributed by atoms with van der Waals surface area (Å²) >= 11 is 0. The Bertz CT molecular complexity index is 455. The molecule has 1 aliphatic heterocycles. The fourth-order valence-corrected chi connectivity index (χ4v) is 2.34. The number of ether oxygens (including phenoxy) is 1. The van der Waals surface area contributed by atoms with Crippen molar-refractivity contribution in [2.75, 3.05) is 6.61 Å². The maximum absolute atomic E-state index is 11.9. The highest BCUT2D eigenvalue weighted by Gasteiger charge is 2.23. The highest BCUT2D eigenvalue weighted by molar-refractivity contribution is 5.87. The largest absolute Gasteiger partial charge is 0.378 e. The predicted octanol–water partition coefficient (Wildman–Crippen LogP) is 0.768. The number of nitrogens with two attached hydrogens (primary N) is 1. The first-order valence-corrected chi connectivity index (χ1v) is 6.89. The van der Waals surface area contributed by atoms with E-state index in [1.807, 2.05) is 30.3 Å². The molecule has 1 saturated heterocycles. The first kappa shape index (κ1) is 14.5. The normalized spacial score (nSPS) is 19.5. The lowest BCUT2D eigenvalue weighted by molar-refractivity contribution is -0.128. The molecule has 2 amide bonds. The summed E-state index contributed by atoms with van der Waals surface area (Å²) in [4.78, 5) is 23.4. The van der Waals surface area contributed by atoms with Crippen LogP contribution in [0.3, 0.4) is 0 Å². The molecular weight excluding hydrogens is 256 g/mol. The number of benzene rings is 1. The summed E-state index contributed by atoms with van der Waals surface area (Å²) in [6, 6.07) is 8.82. The smallest absolute Gasteiger partial charge is 0.240 e. The van der Waals surface area contributed by atoms with Crippen LogP contribution in [-0.4, -0.2) is 30.6 Å². The molecule has 0 spiro atoms. The van der Waals surface area contributed by atoms with Crippen LogP contribution in [-0.2, 0) is 20.7 Å². The number of hydrogen-bond donors (Lipinski definition) is 2. The standard InChI is InChI=1S/C15H20N2O3/c16-15(19)13(9-11-5-2-1-3-6-11)17-14(18)10-12-7-4-8-20-12/h1-3,5-6,12-13H,4,7-10H2,(H2,16,19)(H,17,18). The average Bonchev–Trinajstić information content (AvgIpc) is 2.92. The van der Waals surface area contributed by atoms with Crippen molar-refractivity contribution in [2.24, 2.45) is 5.73 Å². The molecule has 0 aliphatic carbocycles. The van der Waals surface area contributed by atoms with Crippen molar-refractivity contribution in [1.29, 1.82) is 0 Å². The lowest BCUT2D eigenvalue weighted by atomic mass is 10.0. The van der Waals surface area contributed by atoms with Gasteiger partial charge in [-0.05, 0) is 18.4 Å². The van der Waals surface area contributed by atoms with Gasteiger partial charge in [0.05, 0.1) is 12.5 Å². The number of carbonyl (C=O) groups is 2. The van der Waals surface area contributed by atoms with Gasteiger partial charge in [0.25, 0.3) is 0 Å². The molecule has 1 fully saturated rings. The average molecular weight is 276 g/mol. The van der Waals surface area contributed by atoms with Gasteiger partial charge in [-0.3, -0.25) is 9.59 Å². The Morgan fingerprint density at radius 1 is 1.35 bits per heavy atom. The van der Waals surface area contributed by atoms with E-state index in [9.17, 15) is 9.59 Å². The molecule has 0 bridgehead atoms. The second-order valence-corrected chi connectivity index (χ2v) is 5.05. The molecule has 2 rings (SSSR count). The maximum Gasteiger partial charge on any atom is 0.240 e.